The Morgan fingerprint density at radius 3 is 2.53 bits per heavy atom. The summed E-state index contributed by atoms with van der Waals surface area (Å²) >= 11 is 6.41. The molecule has 2 bridgehead atoms. The predicted molar refractivity (Wildman–Crippen MR) is 210 cm³/mol. The van der Waals surface area contributed by atoms with Gasteiger partial charge in [0.2, 0.25) is 15.9 Å². The lowest BCUT2D eigenvalue weighted by Crippen LogP contribution is -2.63. The summed E-state index contributed by atoms with van der Waals surface area (Å²) in [6, 6.07) is 11.7. The van der Waals surface area contributed by atoms with Gasteiger partial charge in [-0.25, -0.2) is 13.1 Å². The average molecular weight is 768 g/mol. The Morgan fingerprint density at radius 1 is 0.906 bits per heavy atom. The van der Waals surface area contributed by atoms with E-state index in [0.29, 0.717) is 41.7 Å². The van der Waals surface area contributed by atoms with E-state index in [0.717, 1.165) is 114 Å². The minimum Gasteiger partial charge on any atom is -0.487 e. The van der Waals surface area contributed by atoms with Crippen LogP contribution < -0.4 is 14.4 Å². The fourth-order valence-corrected chi connectivity index (χ4v) is 11.1. The third-order valence-corrected chi connectivity index (χ3v) is 15.4. The SMILES string of the molecule is CC(=O)N1CCN2CCN(C[C@H]3CCC[C@H](C)[C@@H](C)S(=O)(=O)NC(=O)c4ccc5c(c4)N(CCCCc4cc(Cl)ccc4CO5)C[C@@H]4CC[C@@H]34)C[C@@H]2C1. The van der Waals surface area contributed by atoms with Gasteiger partial charge in [0.15, 0.2) is 0 Å². The highest BCUT2D eigenvalue weighted by molar-refractivity contribution is 7.90. The molecule has 3 fully saturated rings. The Bertz CT molecular complexity index is 1760. The number of benzene rings is 2. The van der Waals surface area contributed by atoms with E-state index >= 15 is 0 Å². The number of carbonyl (C=O) groups is 2. The average Bonchev–Trinajstić information content (AvgIpc) is 3.15. The minimum atomic E-state index is -3.90. The molecule has 7 rings (SSSR count). The lowest BCUT2D eigenvalue weighted by Gasteiger charge is -2.50. The zero-order chi connectivity index (χ0) is 37.3. The van der Waals surface area contributed by atoms with Crippen molar-refractivity contribution in [3.63, 3.8) is 0 Å². The van der Waals surface area contributed by atoms with Gasteiger partial charge in [0, 0.05) is 82.5 Å². The van der Waals surface area contributed by atoms with Crippen LogP contribution in [0.5, 0.6) is 5.75 Å². The van der Waals surface area contributed by atoms with Crippen molar-refractivity contribution in [1.82, 2.24) is 19.4 Å². The first kappa shape index (κ1) is 38.4. The fourth-order valence-electron chi connectivity index (χ4n) is 9.57. The number of anilines is 1. The second-order valence-electron chi connectivity index (χ2n) is 16.6. The summed E-state index contributed by atoms with van der Waals surface area (Å²) in [5.74, 6) is 1.76. The molecule has 2 aromatic rings. The van der Waals surface area contributed by atoms with E-state index < -0.39 is 21.2 Å². The van der Waals surface area contributed by atoms with Gasteiger partial charge in [0.25, 0.3) is 5.91 Å². The summed E-state index contributed by atoms with van der Waals surface area (Å²) < 4.78 is 36.1. The molecule has 2 saturated heterocycles. The van der Waals surface area contributed by atoms with Crippen LogP contribution in [0, 0.1) is 23.7 Å². The summed E-state index contributed by atoms with van der Waals surface area (Å²) in [4.78, 5) is 35.5. The fraction of sp³-hybridized carbons (Fsp3) is 0.659. The number of ether oxygens (including phenoxy) is 1. The maximum Gasteiger partial charge on any atom is 0.264 e. The zero-order valence-electron chi connectivity index (χ0n) is 31.8. The van der Waals surface area contributed by atoms with Crippen LogP contribution in [0.3, 0.4) is 0 Å². The van der Waals surface area contributed by atoms with Crippen molar-refractivity contribution in [3.05, 3.63) is 58.1 Å². The van der Waals surface area contributed by atoms with Crippen molar-refractivity contribution in [3.8, 4) is 5.75 Å². The van der Waals surface area contributed by atoms with Crippen LogP contribution in [0.15, 0.2) is 36.4 Å². The molecular weight excluding hydrogens is 710 g/mol. The van der Waals surface area contributed by atoms with Crippen molar-refractivity contribution >= 4 is 39.1 Å². The van der Waals surface area contributed by atoms with E-state index in [2.05, 4.69) is 19.4 Å². The van der Waals surface area contributed by atoms with Gasteiger partial charge in [-0.05, 0) is 117 Å². The highest BCUT2D eigenvalue weighted by Crippen LogP contribution is 2.45. The number of carbonyl (C=O) groups excluding carboxylic acids is 2. The number of fused-ring (bicyclic) bond motifs is 4. The van der Waals surface area contributed by atoms with Crippen molar-refractivity contribution < 1.29 is 22.7 Å². The molecule has 4 aliphatic heterocycles. The van der Waals surface area contributed by atoms with Gasteiger partial charge in [-0.1, -0.05) is 31.0 Å². The van der Waals surface area contributed by atoms with Gasteiger partial charge in [-0.2, -0.15) is 0 Å². The lowest BCUT2D eigenvalue weighted by atomic mass is 9.65. The maximum atomic E-state index is 13.6. The number of sulfonamides is 1. The first-order valence-electron chi connectivity index (χ1n) is 20.0. The third kappa shape index (κ3) is 8.84. The van der Waals surface area contributed by atoms with E-state index in [1.54, 1.807) is 19.9 Å². The monoisotopic (exact) mass is 767 g/mol. The molecule has 2 amide bonds. The van der Waals surface area contributed by atoms with Crippen molar-refractivity contribution in [1.29, 1.82) is 0 Å². The molecule has 0 radical (unpaired) electrons. The van der Waals surface area contributed by atoms with Gasteiger partial charge < -0.3 is 19.4 Å². The first-order valence-corrected chi connectivity index (χ1v) is 21.9. The Hall–Kier alpha value is -2.86. The molecule has 290 valence electrons. The lowest BCUT2D eigenvalue weighted by molar-refractivity contribution is -0.133. The third-order valence-electron chi connectivity index (χ3n) is 13.2. The second kappa shape index (κ2) is 16.5. The Balaban J connectivity index is 1.18. The number of hydrogen-bond acceptors (Lipinski definition) is 8. The van der Waals surface area contributed by atoms with E-state index in [4.69, 9.17) is 16.3 Å². The van der Waals surface area contributed by atoms with Crippen LogP contribution in [0.25, 0.3) is 0 Å². The molecule has 2 aromatic carbocycles. The molecule has 1 N–H and O–H groups in total. The number of nitrogens with one attached hydrogen (secondary N) is 1. The van der Waals surface area contributed by atoms with E-state index in [9.17, 15) is 18.0 Å². The quantitative estimate of drug-likeness (QED) is 0.408. The van der Waals surface area contributed by atoms with Crippen LogP contribution >= 0.6 is 11.6 Å². The molecule has 12 heteroatoms. The van der Waals surface area contributed by atoms with Crippen LogP contribution in [-0.2, 0) is 27.8 Å². The number of hydrogen-bond donors (Lipinski definition) is 1. The van der Waals surface area contributed by atoms with Crippen LogP contribution in [0.1, 0.15) is 87.2 Å². The van der Waals surface area contributed by atoms with Gasteiger partial charge in [-0.15, -0.1) is 0 Å². The Labute approximate surface area is 321 Å². The summed E-state index contributed by atoms with van der Waals surface area (Å²) in [7, 11) is -3.90. The molecule has 4 heterocycles. The number of rotatable bonds is 2. The molecule has 0 unspecified atom stereocenters. The van der Waals surface area contributed by atoms with E-state index in [1.807, 2.05) is 42.2 Å². The van der Waals surface area contributed by atoms with Crippen LogP contribution in [-0.4, -0.2) is 105 Å². The minimum absolute atomic E-state index is 0.0940. The van der Waals surface area contributed by atoms with Crippen molar-refractivity contribution in [2.45, 2.75) is 90.0 Å². The highest BCUT2D eigenvalue weighted by Gasteiger charge is 2.41. The second-order valence-corrected chi connectivity index (χ2v) is 19.0. The maximum absolute atomic E-state index is 13.6. The van der Waals surface area contributed by atoms with E-state index in [-0.39, 0.29) is 11.8 Å². The molecule has 1 aliphatic carbocycles. The number of nitrogens with zero attached hydrogens (tertiary/aromatic N) is 4. The summed E-state index contributed by atoms with van der Waals surface area (Å²) in [5.41, 5.74) is 3.48. The Morgan fingerprint density at radius 2 is 1.74 bits per heavy atom. The Kier molecular flexibility index (Phi) is 11.9. The molecular formula is C41H58ClN5O5S. The molecule has 1 saturated carbocycles. The smallest absolute Gasteiger partial charge is 0.264 e. The van der Waals surface area contributed by atoms with Crippen molar-refractivity contribution in [2.75, 3.05) is 63.8 Å². The number of aryl methyl sites for hydroxylation is 1. The van der Waals surface area contributed by atoms with Gasteiger partial charge in [0.1, 0.15) is 12.4 Å². The normalized spacial score (nSPS) is 30.3. The molecule has 6 atom stereocenters. The summed E-state index contributed by atoms with van der Waals surface area (Å²) in [6.45, 7) is 14.2. The van der Waals surface area contributed by atoms with Crippen molar-refractivity contribution in [2.24, 2.45) is 23.7 Å². The van der Waals surface area contributed by atoms with Crippen LogP contribution in [0.2, 0.25) is 5.02 Å². The molecule has 5 aliphatic rings. The predicted octanol–water partition coefficient (Wildman–Crippen LogP) is 5.82. The van der Waals surface area contributed by atoms with Gasteiger partial charge >= 0.3 is 0 Å². The number of piperazine rings is 2. The highest BCUT2D eigenvalue weighted by atomic mass is 35.5. The standard InChI is InChI=1S/C41H58ClN5O5S/c1-28-7-6-9-33(23-44-17-18-45-19-20-46(30(3)48)26-37(45)25-44)38-14-11-34(38)24-47-16-5-4-8-31-21-36(42)13-10-35(31)27-52-40-15-12-32(22-39(40)47)41(49)43-53(50,51)29(28)2/h10,12-13,15,21-22,28-29,33-34,37-38H,4-9,11,14,16-20,23-27H2,1-3H3,(H,43,49)/t28-,29+,33+,34-,37+,38-/m0/s1. The molecule has 0 aromatic heterocycles. The molecule has 53 heavy (non-hydrogen) atoms. The van der Waals surface area contributed by atoms with Gasteiger partial charge in [-0.3, -0.25) is 14.5 Å². The molecule has 0 spiro atoms. The summed E-state index contributed by atoms with van der Waals surface area (Å²) in [5, 5.41) is 0.0229. The van der Waals surface area contributed by atoms with Crippen LogP contribution in [0.4, 0.5) is 5.69 Å². The largest absolute Gasteiger partial charge is 0.487 e. The topological polar surface area (TPSA) is 102 Å². The summed E-state index contributed by atoms with van der Waals surface area (Å²) in [6.07, 6.45) is 8.06. The zero-order valence-corrected chi connectivity index (χ0v) is 33.3. The van der Waals surface area contributed by atoms with Gasteiger partial charge in [0.05, 0.1) is 10.9 Å². The number of amides is 2. The first-order chi connectivity index (χ1) is 25.4. The molecule has 10 nitrogen and oxygen atoms in total. The number of halogens is 1. The van der Waals surface area contributed by atoms with E-state index in [1.165, 1.54) is 18.4 Å².